The smallest absolute Gasteiger partial charge is 0.432 e. The summed E-state index contributed by atoms with van der Waals surface area (Å²) in [6, 6.07) is 14.4. The first-order chi connectivity index (χ1) is 18.7. The first-order valence-electron chi connectivity index (χ1n) is 12.9. The van der Waals surface area contributed by atoms with Crippen LogP contribution in [-0.4, -0.2) is 71.0 Å². The first-order valence-corrected chi connectivity index (χ1v) is 12.9. The van der Waals surface area contributed by atoms with Gasteiger partial charge in [-0.25, -0.2) is 4.98 Å². The Morgan fingerprint density at radius 2 is 1.87 bits per heavy atom. The van der Waals surface area contributed by atoms with Gasteiger partial charge < -0.3 is 19.9 Å². The van der Waals surface area contributed by atoms with E-state index in [0.29, 0.717) is 35.2 Å². The van der Waals surface area contributed by atoms with Crippen LogP contribution in [0.1, 0.15) is 31.5 Å². The van der Waals surface area contributed by atoms with Crippen molar-refractivity contribution in [3.63, 3.8) is 0 Å². The molecule has 1 aliphatic rings. The molecule has 0 atom stereocenters. The molecule has 3 aromatic rings. The minimum atomic E-state index is -4.54. The Kier molecular flexibility index (Phi) is 9.28. The summed E-state index contributed by atoms with van der Waals surface area (Å²) in [5.74, 6) is 5.20. The minimum Gasteiger partial charge on any atom is -0.491 e. The summed E-state index contributed by atoms with van der Waals surface area (Å²) >= 11 is 0. The number of alkyl halides is 3. The number of ether oxygens (including phenoxy) is 1. The van der Waals surface area contributed by atoms with E-state index in [1.165, 1.54) is 6.07 Å². The maximum atomic E-state index is 13.0. The lowest BCUT2D eigenvalue weighted by molar-refractivity contribution is -0.140. The van der Waals surface area contributed by atoms with Crippen LogP contribution >= 0.6 is 0 Å². The number of hydrogen-bond acceptors (Lipinski definition) is 5. The number of carbonyl (C=O) groups is 1. The Bertz CT molecular complexity index is 1300. The Balaban J connectivity index is 1.44. The number of carbonyl (C=O) groups excluding carboxylic acids is 1. The summed E-state index contributed by atoms with van der Waals surface area (Å²) in [4.78, 5) is 23.6. The fourth-order valence-electron chi connectivity index (χ4n) is 4.29. The molecule has 4 rings (SSSR count). The van der Waals surface area contributed by atoms with Crippen LogP contribution in [0.25, 0.3) is 11.4 Å². The van der Waals surface area contributed by atoms with E-state index in [1.807, 2.05) is 18.2 Å². The van der Waals surface area contributed by atoms with E-state index >= 15 is 0 Å². The Labute approximate surface area is 226 Å². The van der Waals surface area contributed by atoms with Gasteiger partial charge in [0.25, 0.3) is 0 Å². The molecule has 0 aliphatic carbocycles. The van der Waals surface area contributed by atoms with Crippen LogP contribution in [0.3, 0.4) is 0 Å². The van der Waals surface area contributed by atoms with Gasteiger partial charge in [0.2, 0.25) is 0 Å². The van der Waals surface area contributed by atoms with Crippen LogP contribution in [0.5, 0.6) is 5.75 Å². The summed E-state index contributed by atoms with van der Waals surface area (Å²) in [6.45, 7) is 9.84. The first kappa shape index (κ1) is 28.2. The van der Waals surface area contributed by atoms with Gasteiger partial charge in [-0.05, 0) is 50.6 Å². The van der Waals surface area contributed by atoms with E-state index < -0.39 is 17.8 Å². The van der Waals surface area contributed by atoms with E-state index in [9.17, 15) is 18.0 Å². The molecule has 0 spiro atoms. The number of nitrogens with zero attached hydrogens (tertiary/aromatic N) is 3. The molecule has 0 saturated carbocycles. The van der Waals surface area contributed by atoms with Crippen molar-refractivity contribution in [1.82, 2.24) is 19.8 Å². The second-order valence-corrected chi connectivity index (χ2v) is 9.60. The van der Waals surface area contributed by atoms with Crippen molar-refractivity contribution in [3.05, 3.63) is 66.0 Å². The molecule has 1 saturated heterocycles. The fraction of sp³-hybridized carbons (Fsp3) is 0.379. The normalized spacial score (nSPS) is 14.6. The fourth-order valence-corrected chi connectivity index (χ4v) is 4.29. The highest BCUT2D eigenvalue weighted by Gasteiger charge is 2.33. The average Bonchev–Trinajstić information content (AvgIpc) is 3.43. The Morgan fingerprint density at radius 1 is 1.13 bits per heavy atom. The van der Waals surface area contributed by atoms with Crippen molar-refractivity contribution in [2.75, 3.05) is 44.6 Å². The Hall–Kier alpha value is -3.81. The molecule has 7 nitrogen and oxygen atoms in total. The summed E-state index contributed by atoms with van der Waals surface area (Å²) in [5.41, 5.74) is 0.399. The number of aromatic amines is 1. The largest absolute Gasteiger partial charge is 0.491 e. The Morgan fingerprint density at radius 3 is 2.54 bits per heavy atom. The van der Waals surface area contributed by atoms with Gasteiger partial charge in [-0.2, -0.15) is 13.2 Å². The second kappa shape index (κ2) is 12.8. The molecule has 1 aromatic heterocycles. The van der Waals surface area contributed by atoms with Crippen molar-refractivity contribution in [2.45, 2.75) is 32.5 Å². The highest BCUT2D eigenvalue weighted by atomic mass is 19.4. The van der Waals surface area contributed by atoms with Gasteiger partial charge in [-0.1, -0.05) is 24.1 Å². The third kappa shape index (κ3) is 8.09. The topological polar surface area (TPSA) is 73.5 Å². The number of piperazine rings is 1. The lowest BCUT2D eigenvalue weighted by Crippen LogP contribution is -2.49. The second-order valence-electron chi connectivity index (χ2n) is 9.60. The maximum Gasteiger partial charge on any atom is 0.432 e. The molecule has 1 aliphatic heterocycles. The summed E-state index contributed by atoms with van der Waals surface area (Å²) in [6.07, 6.45) is -3.01. The summed E-state index contributed by atoms with van der Waals surface area (Å²) < 4.78 is 45.1. The molecular weight excluding hydrogens is 507 g/mol. The van der Waals surface area contributed by atoms with Crippen LogP contribution in [0.15, 0.2) is 54.7 Å². The van der Waals surface area contributed by atoms with Gasteiger partial charge in [-0.15, -0.1) is 0 Å². The third-order valence-corrected chi connectivity index (χ3v) is 6.49. The van der Waals surface area contributed by atoms with Gasteiger partial charge in [0.15, 0.2) is 0 Å². The van der Waals surface area contributed by atoms with Crippen molar-refractivity contribution in [1.29, 1.82) is 0 Å². The molecule has 1 amide bonds. The van der Waals surface area contributed by atoms with Crippen LogP contribution < -0.4 is 10.1 Å². The molecule has 2 heterocycles. The average molecular weight is 540 g/mol. The van der Waals surface area contributed by atoms with Crippen LogP contribution in [0, 0.1) is 11.8 Å². The lowest BCUT2D eigenvalue weighted by Gasteiger charge is -2.36. The zero-order valence-electron chi connectivity index (χ0n) is 22.0. The molecular formula is C29H32F3N5O2. The highest BCUT2D eigenvalue weighted by molar-refractivity contribution is 6.05. The number of hydrogen-bond donors (Lipinski definition) is 2. The number of anilines is 1. The van der Waals surface area contributed by atoms with E-state index in [1.54, 1.807) is 24.3 Å². The monoisotopic (exact) mass is 539 g/mol. The van der Waals surface area contributed by atoms with Crippen LogP contribution in [-0.2, 0) is 11.0 Å². The van der Waals surface area contributed by atoms with Crippen LogP contribution in [0.2, 0.25) is 0 Å². The van der Waals surface area contributed by atoms with Gasteiger partial charge in [0.05, 0.1) is 18.5 Å². The number of H-pyrrole nitrogens is 1. The minimum absolute atomic E-state index is 0.0280. The predicted molar refractivity (Wildman–Crippen MR) is 144 cm³/mol. The SMILES string of the molecule is CC(C)N1CCN(CCCOc2ccc(-c3ncc(C(F)(F)F)[nH]3)cc2NC(=O)C#Cc2ccccc2)CC1. The predicted octanol–water partition coefficient (Wildman–Crippen LogP) is 4.88. The van der Waals surface area contributed by atoms with Gasteiger partial charge in [0.1, 0.15) is 17.3 Å². The lowest BCUT2D eigenvalue weighted by atomic mass is 10.1. The molecule has 2 N–H and O–H groups in total. The molecule has 1 fully saturated rings. The third-order valence-electron chi connectivity index (χ3n) is 6.49. The number of halogens is 3. The molecule has 0 radical (unpaired) electrons. The van der Waals surface area contributed by atoms with Gasteiger partial charge in [-0.3, -0.25) is 9.69 Å². The zero-order valence-corrected chi connectivity index (χ0v) is 22.0. The standard InChI is InChI=1S/C29H32F3N5O2/c1-21(2)37-16-14-36(15-17-37)13-6-18-39-25-11-10-23(28-33-20-26(35-28)29(30,31)32)19-24(25)34-27(38)12-9-22-7-4-3-5-8-22/h3-5,7-8,10-11,19-21H,6,13-18H2,1-2H3,(H,33,35)(H,34,38). The highest BCUT2D eigenvalue weighted by Crippen LogP contribution is 2.33. The number of aromatic nitrogens is 2. The number of imidazole rings is 1. The number of amides is 1. The number of benzene rings is 2. The zero-order chi connectivity index (χ0) is 27.8. The molecule has 2 aromatic carbocycles. The van der Waals surface area contributed by atoms with Crippen molar-refractivity contribution < 1.29 is 22.7 Å². The van der Waals surface area contributed by atoms with Gasteiger partial charge >= 0.3 is 12.1 Å². The molecule has 39 heavy (non-hydrogen) atoms. The van der Waals surface area contributed by atoms with Crippen LogP contribution in [0.4, 0.5) is 18.9 Å². The molecule has 206 valence electrons. The van der Waals surface area contributed by atoms with Crippen molar-refractivity contribution in [2.24, 2.45) is 0 Å². The maximum absolute atomic E-state index is 13.0. The summed E-state index contributed by atoms with van der Waals surface area (Å²) in [5, 5.41) is 2.72. The quantitative estimate of drug-likeness (QED) is 0.315. The van der Waals surface area contributed by atoms with Crippen molar-refractivity contribution >= 4 is 11.6 Å². The van der Waals surface area contributed by atoms with Crippen molar-refractivity contribution in [3.8, 4) is 29.0 Å². The molecule has 0 bridgehead atoms. The van der Waals surface area contributed by atoms with E-state index in [2.05, 4.69) is 50.8 Å². The van der Waals surface area contributed by atoms with E-state index in [0.717, 1.165) is 45.3 Å². The number of nitrogens with one attached hydrogen (secondary N) is 2. The molecule has 0 unspecified atom stereocenters. The molecule has 10 heteroatoms. The summed E-state index contributed by atoms with van der Waals surface area (Å²) in [7, 11) is 0. The van der Waals surface area contributed by atoms with E-state index in [4.69, 9.17) is 4.74 Å². The number of rotatable bonds is 8. The van der Waals surface area contributed by atoms with E-state index in [-0.39, 0.29) is 5.82 Å². The van der Waals surface area contributed by atoms with Gasteiger partial charge in [0, 0.05) is 55.8 Å².